The molecule has 0 unspecified atom stereocenters. The summed E-state index contributed by atoms with van der Waals surface area (Å²) in [5.74, 6) is 1.55. The summed E-state index contributed by atoms with van der Waals surface area (Å²) in [6, 6.07) is 8.33. The topological polar surface area (TPSA) is 18.5 Å². The van der Waals surface area contributed by atoms with Crippen molar-refractivity contribution in [2.45, 2.75) is 59.0 Å². The Morgan fingerprint density at radius 1 is 0.895 bits per heavy atom. The Hall–Kier alpha value is -1.02. The molecule has 0 fully saturated rings. The van der Waals surface area contributed by atoms with Crippen LogP contribution in [0.5, 0.6) is 5.75 Å². The van der Waals surface area contributed by atoms with Gasteiger partial charge in [-0.3, -0.25) is 0 Å². The van der Waals surface area contributed by atoms with Crippen LogP contribution >= 0.6 is 0 Å². The van der Waals surface area contributed by atoms with Gasteiger partial charge in [0.2, 0.25) is 0 Å². The van der Waals surface area contributed by atoms with Crippen LogP contribution in [-0.4, -0.2) is 19.3 Å². The molecule has 1 rings (SSSR count). The fourth-order valence-corrected chi connectivity index (χ4v) is 1.97. The van der Waals surface area contributed by atoms with Crippen LogP contribution < -0.4 is 4.74 Å². The van der Waals surface area contributed by atoms with Crippen molar-refractivity contribution in [1.82, 2.24) is 0 Å². The molecule has 19 heavy (non-hydrogen) atoms. The molecule has 0 bridgehead atoms. The van der Waals surface area contributed by atoms with Gasteiger partial charge in [0, 0.05) is 6.61 Å². The molecule has 0 heterocycles. The Labute approximate surface area is 118 Å². The second-order valence-electron chi connectivity index (χ2n) is 5.52. The highest BCUT2D eigenvalue weighted by Crippen LogP contribution is 2.25. The summed E-state index contributed by atoms with van der Waals surface area (Å²) in [4.78, 5) is 0. The van der Waals surface area contributed by atoms with E-state index in [1.54, 1.807) is 0 Å². The van der Waals surface area contributed by atoms with Crippen molar-refractivity contribution < 1.29 is 9.47 Å². The van der Waals surface area contributed by atoms with E-state index in [1.165, 1.54) is 5.56 Å². The summed E-state index contributed by atoms with van der Waals surface area (Å²) in [7, 11) is 0. The first-order chi connectivity index (χ1) is 9.11. The van der Waals surface area contributed by atoms with Gasteiger partial charge in [-0.15, -0.1) is 0 Å². The Morgan fingerprint density at radius 2 is 1.58 bits per heavy atom. The second kappa shape index (κ2) is 8.98. The molecule has 2 heteroatoms. The number of benzene rings is 1. The maximum absolute atomic E-state index is 5.89. The lowest BCUT2D eigenvalue weighted by Crippen LogP contribution is -2.05. The van der Waals surface area contributed by atoms with Crippen LogP contribution in [0.25, 0.3) is 0 Å². The first-order valence-corrected chi connectivity index (χ1v) is 7.44. The second-order valence-corrected chi connectivity index (χ2v) is 5.52. The predicted octanol–water partition coefficient (Wildman–Crippen LogP) is 4.78. The quantitative estimate of drug-likeness (QED) is 0.597. The van der Waals surface area contributed by atoms with E-state index >= 15 is 0 Å². The van der Waals surface area contributed by atoms with Crippen molar-refractivity contribution in [3.8, 4) is 5.75 Å². The molecule has 0 spiro atoms. The third-order valence-corrected chi connectivity index (χ3v) is 3.04. The van der Waals surface area contributed by atoms with Gasteiger partial charge < -0.3 is 9.47 Å². The molecule has 0 aliphatic heterocycles. The van der Waals surface area contributed by atoms with Gasteiger partial charge in [-0.2, -0.15) is 0 Å². The maximum Gasteiger partial charge on any atom is 0.122 e. The zero-order valence-corrected chi connectivity index (χ0v) is 12.8. The molecule has 108 valence electrons. The van der Waals surface area contributed by atoms with E-state index < -0.39 is 0 Å². The minimum absolute atomic E-state index is 0.342. The van der Waals surface area contributed by atoms with E-state index in [2.05, 4.69) is 45.9 Å². The molecule has 0 aliphatic carbocycles. The first kappa shape index (κ1) is 16.0. The van der Waals surface area contributed by atoms with Crippen LogP contribution in [0, 0.1) is 0 Å². The number of rotatable bonds is 9. The molecule has 0 atom stereocenters. The molecular formula is C17H28O2. The molecule has 2 nitrogen and oxygen atoms in total. The molecule has 1 aromatic carbocycles. The van der Waals surface area contributed by atoms with Crippen molar-refractivity contribution in [1.29, 1.82) is 0 Å². The minimum Gasteiger partial charge on any atom is -0.493 e. The molecule has 0 saturated heterocycles. The number of para-hydroxylation sites is 1. The van der Waals surface area contributed by atoms with Gasteiger partial charge >= 0.3 is 0 Å². The Bertz CT molecular complexity index is 345. The molecule has 0 aromatic heterocycles. The van der Waals surface area contributed by atoms with Crippen LogP contribution in [0.1, 0.15) is 58.4 Å². The number of hydrogen-bond acceptors (Lipinski definition) is 2. The average molecular weight is 264 g/mol. The van der Waals surface area contributed by atoms with E-state index in [1.807, 2.05) is 6.07 Å². The predicted molar refractivity (Wildman–Crippen MR) is 81.0 cm³/mol. The van der Waals surface area contributed by atoms with Gasteiger partial charge in [-0.05, 0) is 50.7 Å². The lowest BCUT2D eigenvalue weighted by molar-refractivity contribution is 0.0752. The van der Waals surface area contributed by atoms with Crippen LogP contribution in [0.2, 0.25) is 0 Å². The van der Waals surface area contributed by atoms with Crippen LogP contribution in [0.15, 0.2) is 24.3 Å². The van der Waals surface area contributed by atoms with Crippen molar-refractivity contribution in [3.05, 3.63) is 29.8 Å². The third-order valence-electron chi connectivity index (χ3n) is 3.04. The van der Waals surface area contributed by atoms with Crippen LogP contribution in [0.4, 0.5) is 0 Å². The standard InChI is InChI=1S/C17H28O2/c1-14(2)16-10-6-7-11-17(16)19-13-9-5-8-12-18-15(3)4/h6-7,10-11,14-15H,5,8-9,12-13H2,1-4H3. The maximum atomic E-state index is 5.89. The van der Waals surface area contributed by atoms with E-state index in [0.29, 0.717) is 12.0 Å². The van der Waals surface area contributed by atoms with Gasteiger partial charge in [0.05, 0.1) is 12.7 Å². The number of ether oxygens (including phenoxy) is 2. The Morgan fingerprint density at radius 3 is 2.26 bits per heavy atom. The molecule has 0 saturated carbocycles. The van der Waals surface area contributed by atoms with Gasteiger partial charge in [-0.1, -0.05) is 32.0 Å². The van der Waals surface area contributed by atoms with E-state index in [0.717, 1.165) is 38.2 Å². The van der Waals surface area contributed by atoms with Gasteiger partial charge in [0.1, 0.15) is 5.75 Å². The molecule has 0 aliphatic rings. The zero-order valence-electron chi connectivity index (χ0n) is 12.8. The smallest absolute Gasteiger partial charge is 0.122 e. The summed E-state index contributed by atoms with van der Waals surface area (Å²) in [5.41, 5.74) is 1.30. The molecule has 0 N–H and O–H groups in total. The fraction of sp³-hybridized carbons (Fsp3) is 0.647. The van der Waals surface area contributed by atoms with Crippen molar-refractivity contribution in [3.63, 3.8) is 0 Å². The number of hydrogen-bond donors (Lipinski definition) is 0. The lowest BCUT2D eigenvalue weighted by Gasteiger charge is -2.13. The zero-order chi connectivity index (χ0) is 14.1. The van der Waals surface area contributed by atoms with E-state index in [-0.39, 0.29) is 0 Å². The van der Waals surface area contributed by atoms with Crippen LogP contribution in [0.3, 0.4) is 0 Å². The number of unbranched alkanes of at least 4 members (excludes halogenated alkanes) is 2. The van der Waals surface area contributed by atoms with E-state index in [4.69, 9.17) is 9.47 Å². The molecule has 1 aromatic rings. The molecular weight excluding hydrogens is 236 g/mol. The minimum atomic E-state index is 0.342. The highest BCUT2D eigenvalue weighted by atomic mass is 16.5. The van der Waals surface area contributed by atoms with Crippen LogP contribution in [-0.2, 0) is 4.74 Å². The van der Waals surface area contributed by atoms with Crippen molar-refractivity contribution in [2.24, 2.45) is 0 Å². The summed E-state index contributed by atoms with van der Waals surface area (Å²) in [6.45, 7) is 10.2. The Balaban J connectivity index is 2.19. The average Bonchev–Trinajstić information content (AvgIpc) is 2.37. The summed E-state index contributed by atoms with van der Waals surface area (Å²) in [5, 5.41) is 0. The normalized spacial score (nSPS) is 11.3. The van der Waals surface area contributed by atoms with Gasteiger partial charge in [-0.25, -0.2) is 0 Å². The fourth-order valence-electron chi connectivity index (χ4n) is 1.97. The summed E-state index contributed by atoms with van der Waals surface area (Å²) in [6.07, 6.45) is 3.71. The summed E-state index contributed by atoms with van der Waals surface area (Å²) >= 11 is 0. The highest BCUT2D eigenvalue weighted by molar-refractivity contribution is 5.35. The lowest BCUT2D eigenvalue weighted by atomic mass is 10.0. The largest absolute Gasteiger partial charge is 0.493 e. The molecule has 0 radical (unpaired) electrons. The van der Waals surface area contributed by atoms with Gasteiger partial charge in [0.25, 0.3) is 0 Å². The third kappa shape index (κ3) is 6.63. The molecule has 0 amide bonds. The van der Waals surface area contributed by atoms with Gasteiger partial charge in [0.15, 0.2) is 0 Å². The highest BCUT2D eigenvalue weighted by Gasteiger charge is 2.06. The SMILES string of the molecule is CC(C)OCCCCCOc1ccccc1C(C)C. The first-order valence-electron chi connectivity index (χ1n) is 7.44. The Kier molecular flexibility index (Phi) is 7.57. The summed E-state index contributed by atoms with van der Waals surface area (Å²) < 4.78 is 11.4. The van der Waals surface area contributed by atoms with Crippen molar-refractivity contribution >= 4 is 0 Å². The van der Waals surface area contributed by atoms with E-state index in [9.17, 15) is 0 Å². The monoisotopic (exact) mass is 264 g/mol. The van der Waals surface area contributed by atoms with Crippen molar-refractivity contribution in [2.75, 3.05) is 13.2 Å².